The van der Waals surface area contributed by atoms with Gasteiger partial charge >= 0.3 is 5.97 Å². The molecule has 0 heterocycles. The van der Waals surface area contributed by atoms with Crippen LogP contribution in [-0.4, -0.2) is 17.7 Å². The van der Waals surface area contributed by atoms with Gasteiger partial charge in [0.15, 0.2) is 0 Å². The predicted octanol–water partition coefficient (Wildman–Crippen LogP) is 2.66. The van der Waals surface area contributed by atoms with Crippen molar-refractivity contribution >= 4 is 5.97 Å². The average molecular weight is 208 g/mol. The second kappa shape index (κ2) is 5.39. The first-order valence-corrected chi connectivity index (χ1v) is 5.14. The summed E-state index contributed by atoms with van der Waals surface area (Å²) in [4.78, 5) is 10.9. The van der Waals surface area contributed by atoms with Crippen molar-refractivity contribution in [2.24, 2.45) is 0 Å². The molecule has 1 aromatic carbocycles. The summed E-state index contributed by atoms with van der Waals surface area (Å²) in [6, 6.07) is 7.25. The first-order valence-electron chi connectivity index (χ1n) is 5.14. The van der Waals surface area contributed by atoms with E-state index in [4.69, 9.17) is 9.84 Å². The number of rotatable bonds is 5. The Morgan fingerprint density at radius 2 is 1.93 bits per heavy atom. The Labute approximate surface area is 89.7 Å². The van der Waals surface area contributed by atoms with Gasteiger partial charge in [-0.15, -0.1) is 0 Å². The van der Waals surface area contributed by atoms with Gasteiger partial charge in [0.1, 0.15) is 5.75 Å². The van der Waals surface area contributed by atoms with E-state index in [1.807, 2.05) is 38.1 Å². The number of hydrogen-bond acceptors (Lipinski definition) is 2. The molecule has 0 aliphatic rings. The molecule has 0 aliphatic heterocycles. The lowest BCUT2D eigenvalue weighted by atomic mass is 9.97. The molecule has 0 aliphatic carbocycles. The molecule has 0 radical (unpaired) electrons. The van der Waals surface area contributed by atoms with E-state index in [-0.39, 0.29) is 0 Å². The lowest BCUT2D eigenvalue weighted by Crippen LogP contribution is -2.10. The summed E-state index contributed by atoms with van der Waals surface area (Å²) >= 11 is 0. The van der Waals surface area contributed by atoms with Gasteiger partial charge < -0.3 is 9.84 Å². The Morgan fingerprint density at radius 1 is 1.33 bits per heavy atom. The van der Waals surface area contributed by atoms with Crippen LogP contribution >= 0.6 is 0 Å². The minimum absolute atomic E-state index is 0.416. The number of aliphatic carboxylic acids is 1. The third kappa shape index (κ3) is 2.98. The van der Waals surface area contributed by atoms with Crippen LogP contribution in [0, 0.1) is 0 Å². The number of carboxylic acid groups (broad SMARTS) is 1. The number of hydrogen-bond donors (Lipinski definition) is 1. The molecule has 0 spiro atoms. The second-order valence-electron chi connectivity index (χ2n) is 3.30. The van der Waals surface area contributed by atoms with Crippen molar-refractivity contribution in [3.63, 3.8) is 0 Å². The van der Waals surface area contributed by atoms with Gasteiger partial charge in [-0.2, -0.15) is 0 Å². The molecule has 1 atom stereocenters. The van der Waals surface area contributed by atoms with Gasteiger partial charge in [0.25, 0.3) is 0 Å². The van der Waals surface area contributed by atoms with Gasteiger partial charge in [0, 0.05) is 0 Å². The molecule has 0 bridgehead atoms. The number of ether oxygens (including phenoxy) is 1. The van der Waals surface area contributed by atoms with Crippen LogP contribution in [0.25, 0.3) is 0 Å². The second-order valence-corrected chi connectivity index (χ2v) is 3.30. The van der Waals surface area contributed by atoms with Crippen molar-refractivity contribution in [1.82, 2.24) is 0 Å². The maximum atomic E-state index is 10.9. The van der Waals surface area contributed by atoms with Gasteiger partial charge in [-0.3, -0.25) is 4.79 Å². The molecule has 0 aromatic heterocycles. The van der Waals surface area contributed by atoms with Crippen LogP contribution < -0.4 is 4.74 Å². The van der Waals surface area contributed by atoms with Crippen LogP contribution in [0.3, 0.4) is 0 Å². The van der Waals surface area contributed by atoms with Crippen molar-refractivity contribution in [3.05, 3.63) is 29.8 Å². The number of carbonyl (C=O) groups is 1. The Kier molecular flexibility index (Phi) is 4.16. The number of carboxylic acids is 1. The largest absolute Gasteiger partial charge is 0.494 e. The van der Waals surface area contributed by atoms with Crippen molar-refractivity contribution < 1.29 is 14.6 Å². The number of benzene rings is 1. The van der Waals surface area contributed by atoms with Crippen molar-refractivity contribution in [1.29, 1.82) is 0 Å². The fourth-order valence-electron chi connectivity index (χ4n) is 1.52. The normalized spacial score (nSPS) is 12.1. The Bertz CT molecular complexity index is 316. The van der Waals surface area contributed by atoms with Crippen LogP contribution in [-0.2, 0) is 4.79 Å². The molecule has 1 rings (SSSR count). The monoisotopic (exact) mass is 208 g/mol. The highest BCUT2D eigenvalue weighted by Crippen LogP contribution is 2.22. The molecule has 0 fully saturated rings. The Balaban J connectivity index is 2.82. The molecule has 0 amide bonds. The molecule has 0 unspecified atom stereocenters. The highest BCUT2D eigenvalue weighted by atomic mass is 16.5. The third-order valence-corrected chi connectivity index (χ3v) is 2.30. The summed E-state index contributed by atoms with van der Waals surface area (Å²) in [7, 11) is 0. The summed E-state index contributed by atoms with van der Waals surface area (Å²) in [5.74, 6) is -0.413. The first-order chi connectivity index (χ1) is 7.19. The smallest absolute Gasteiger partial charge is 0.310 e. The van der Waals surface area contributed by atoms with Crippen molar-refractivity contribution in [2.75, 3.05) is 6.61 Å². The van der Waals surface area contributed by atoms with E-state index in [0.717, 1.165) is 11.3 Å². The molecule has 0 saturated heterocycles. The highest BCUT2D eigenvalue weighted by Gasteiger charge is 2.16. The van der Waals surface area contributed by atoms with Crippen LogP contribution in [0.5, 0.6) is 5.75 Å². The van der Waals surface area contributed by atoms with E-state index in [1.54, 1.807) is 0 Å². The predicted molar refractivity (Wildman–Crippen MR) is 58.3 cm³/mol. The van der Waals surface area contributed by atoms with Crippen LogP contribution in [0.1, 0.15) is 31.7 Å². The standard InChI is InChI=1S/C12H16O3/c1-3-11(12(13)14)9-5-7-10(8-6-9)15-4-2/h5-8,11H,3-4H2,1-2H3,(H,13,14)/t11-/m1/s1. The molecule has 0 saturated carbocycles. The molecule has 82 valence electrons. The SMILES string of the molecule is CCOc1ccc([C@@H](CC)C(=O)O)cc1. The summed E-state index contributed by atoms with van der Waals surface area (Å²) in [5.41, 5.74) is 0.827. The molecule has 1 aromatic rings. The van der Waals surface area contributed by atoms with E-state index in [0.29, 0.717) is 13.0 Å². The lowest BCUT2D eigenvalue weighted by molar-refractivity contribution is -0.138. The van der Waals surface area contributed by atoms with Crippen molar-refractivity contribution in [2.45, 2.75) is 26.2 Å². The molecule has 15 heavy (non-hydrogen) atoms. The first kappa shape index (κ1) is 11.6. The minimum atomic E-state index is -0.776. The van der Waals surface area contributed by atoms with Crippen LogP contribution in [0.2, 0.25) is 0 Å². The van der Waals surface area contributed by atoms with Gasteiger partial charge in [-0.05, 0) is 31.0 Å². The molecule has 3 heteroatoms. The van der Waals surface area contributed by atoms with E-state index in [9.17, 15) is 4.79 Å². The van der Waals surface area contributed by atoms with E-state index < -0.39 is 11.9 Å². The zero-order valence-electron chi connectivity index (χ0n) is 9.06. The summed E-state index contributed by atoms with van der Waals surface area (Å²) in [6.07, 6.45) is 0.601. The maximum Gasteiger partial charge on any atom is 0.310 e. The quantitative estimate of drug-likeness (QED) is 0.809. The highest BCUT2D eigenvalue weighted by molar-refractivity contribution is 5.76. The average Bonchev–Trinajstić information content (AvgIpc) is 2.21. The van der Waals surface area contributed by atoms with Crippen molar-refractivity contribution in [3.8, 4) is 5.75 Å². The fraction of sp³-hybridized carbons (Fsp3) is 0.417. The van der Waals surface area contributed by atoms with Crippen LogP contribution in [0.15, 0.2) is 24.3 Å². The molecular formula is C12H16O3. The fourth-order valence-corrected chi connectivity index (χ4v) is 1.52. The van der Waals surface area contributed by atoms with Crippen LogP contribution in [0.4, 0.5) is 0 Å². The third-order valence-electron chi connectivity index (χ3n) is 2.30. The molecular weight excluding hydrogens is 192 g/mol. The zero-order chi connectivity index (χ0) is 11.3. The van der Waals surface area contributed by atoms with Gasteiger partial charge in [-0.25, -0.2) is 0 Å². The molecule has 1 N–H and O–H groups in total. The van der Waals surface area contributed by atoms with E-state index >= 15 is 0 Å². The van der Waals surface area contributed by atoms with Gasteiger partial charge in [-0.1, -0.05) is 19.1 Å². The minimum Gasteiger partial charge on any atom is -0.494 e. The summed E-state index contributed by atoms with van der Waals surface area (Å²) in [5, 5.41) is 8.97. The maximum absolute atomic E-state index is 10.9. The summed E-state index contributed by atoms with van der Waals surface area (Å²) in [6.45, 7) is 4.41. The zero-order valence-corrected chi connectivity index (χ0v) is 9.06. The topological polar surface area (TPSA) is 46.5 Å². The molecule has 3 nitrogen and oxygen atoms in total. The van der Waals surface area contributed by atoms with Gasteiger partial charge in [0.05, 0.1) is 12.5 Å². The van der Waals surface area contributed by atoms with E-state index in [2.05, 4.69) is 0 Å². The summed E-state index contributed by atoms with van der Waals surface area (Å²) < 4.78 is 5.29. The lowest BCUT2D eigenvalue weighted by Gasteiger charge is -2.10. The van der Waals surface area contributed by atoms with Gasteiger partial charge in [0.2, 0.25) is 0 Å². The van der Waals surface area contributed by atoms with E-state index in [1.165, 1.54) is 0 Å². The Morgan fingerprint density at radius 3 is 2.33 bits per heavy atom. The Hall–Kier alpha value is -1.51.